The second kappa shape index (κ2) is 5.59. The van der Waals surface area contributed by atoms with Gasteiger partial charge in [-0.25, -0.2) is 0 Å². The van der Waals surface area contributed by atoms with E-state index in [9.17, 15) is 4.79 Å². The summed E-state index contributed by atoms with van der Waals surface area (Å²) < 4.78 is 6.35. The average Bonchev–Trinajstić information content (AvgIpc) is 2.39. The number of halogens is 1. The molecule has 17 heavy (non-hydrogen) atoms. The molecular formula is C13H10BrNO2. The van der Waals surface area contributed by atoms with Gasteiger partial charge in [-0.2, -0.15) is 0 Å². The van der Waals surface area contributed by atoms with Crippen molar-refractivity contribution in [3.63, 3.8) is 0 Å². The molecule has 2 rings (SSSR count). The van der Waals surface area contributed by atoms with Crippen LogP contribution in [0.3, 0.4) is 0 Å². The normalized spacial score (nSPS) is 9.94. The maximum Gasteiger partial charge on any atom is 0.201 e. The van der Waals surface area contributed by atoms with E-state index in [1.54, 1.807) is 30.5 Å². The average molecular weight is 292 g/mol. The molecule has 0 N–H and O–H groups in total. The highest BCUT2D eigenvalue weighted by Crippen LogP contribution is 2.16. The number of nitrogens with zero attached hydrogens (tertiary/aromatic N) is 1. The first-order chi connectivity index (χ1) is 8.25. The van der Waals surface area contributed by atoms with E-state index in [4.69, 9.17) is 4.74 Å². The van der Waals surface area contributed by atoms with Crippen LogP contribution >= 0.6 is 15.9 Å². The van der Waals surface area contributed by atoms with Crippen LogP contribution in [0, 0.1) is 0 Å². The minimum atomic E-state index is -0.0824. The van der Waals surface area contributed by atoms with Crippen LogP contribution in [0.4, 0.5) is 0 Å². The number of benzene rings is 1. The summed E-state index contributed by atoms with van der Waals surface area (Å²) in [5.74, 6) is 0.589. The van der Waals surface area contributed by atoms with Crippen molar-refractivity contribution in [2.75, 3.05) is 6.61 Å². The topological polar surface area (TPSA) is 39.2 Å². The Kier molecular flexibility index (Phi) is 3.88. The molecule has 0 bridgehead atoms. The van der Waals surface area contributed by atoms with Gasteiger partial charge in [0.05, 0.1) is 0 Å². The van der Waals surface area contributed by atoms with Crippen LogP contribution in [-0.2, 0) is 0 Å². The van der Waals surface area contributed by atoms with E-state index >= 15 is 0 Å². The molecular weight excluding hydrogens is 282 g/mol. The SMILES string of the molecule is O=C(COc1ccc(Br)cc1)c1cccnc1. The predicted molar refractivity (Wildman–Crippen MR) is 68.2 cm³/mol. The lowest BCUT2D eigenvalue weighted by molar-refractivity contribution is 0.0921. The van der Waals surface area contributed by atoms with Crippen molar-refractivity contribution in [1.82, 2.24) is 4.98 Å². The molecule has 0 unspecified atom stereocenters. The summed E-state index contributed by atoms with van der Waals surface area (Å²) in [4.78, 5) is 15.6. The molecule has 86 valence electrons. The quantitative estimate of drug-likeness (QED) is 0.813. The van der Waals surface area contributed by atoms with Crippen LogP contribution in [0.1, 0.15) is 10.4 Å². The highest BCUT2D eigenvalue weighted by molar-refractivity contribution is 9.10. The monoisotopic (exact) mass is 291 g/mol. The third kappa shape index (κ3) is 3.39. The molecule has 1 aromatic heterocycles. The second-order valence-corrected chi connectivity index (χ2v) is 4.32. The zero-order chi connectivity index (χ0) is 12.1. The predicted octanol–water partition coefficient (Wildman–Crippen LogP) is 3.11. The van der Waals surface area contributed by atoms with Gasteiger partial charge in [0.2, 0.25) is 5.78 Å². The maximum atomic E-state index is 11.7. The Bertz CT molecular complexity index is 497. The zero-order valence-corrected chi connectivity index (χ0v) is 10.6. The number of aromatic nitrogens is 1. The Hall–Kier alpha value is -1.68. The standard InChI is InChI=1S/C13H10BrNO2/c14-11-3-5-12(6-4-11)17-9-13(16)10-2-1-7-15-8-10/h1-8H,9H2. The van der Waals surface area contributed by atoms with E-state index in [-0.39, 0.29) is 12.4 Å². The van der Waals surface area contributed by atoms with Crippen LogP contribution < -0.4 is 4.74 Å². The fourth-order valence-corrected chi connectivity index (χ4v) is 1.56. The molecule has 0 radical (unpaired) electrons. The highest BCUT2D eigenvalue weighted by Gasteiger charge is 2.06. The van der Waals surface area contributed by atoms with Gasteiger partial charge in [-0.05, 0) is 36.4 Å². The van der Waals surface area contributed by atoms with Crippen molar-refractivity contribution in [2.45, 2.75) is 0 Å². The second-order valence-electron chi connectivity index (χ2n) is 3.41. The summed E-state index contributed by atoms with van der Waals surface area (Å²) in [7, 11) is 0. The summed E-state index contributed by atoms with van der Waals surface area (Å²) in [6, 6.07) is 10.8. The minimum absolute atomic E-state index is 0.0212. The molecule has 3 nitrogen and oxygen atoms in total. The van der Waals surface area contributed by atoms with Gasteiger partial charge < -0.3 is 4.74 Å². The van der Waals surface area contributed by atoms with Gasteiger partial charge in [-0.15, -0.1) is 0 Å². The van der Waals surface area contributed by atoms with Gasteiger partial charge in [-0.1, -0.05) is 15.9 Å². The number of hydrogen-bond donors (Lipinski definition) is 0. The zero-order valence-electron chi connectivity index (χ0n) is 8.97. The van der Waals surface area contributed by atoms with E-state index in [0.717, 1.165) is 4.47 Å². The molecule has 0 saturated heterocycles. The lowest BCUT2D eigenvalue weighted by Crippen LogP contribution is -2.11. The molecule has 0 amide bonds. The number of Topliss-reactive ketones (excluding diaryl/α,β-unsaturated/α-hetero) is 1. The van der Waals surface area contributed by atoms with Crippen LogP contribution in [-0.4, -0.2) is 17.4 Å². The van der Waals surface area contributed by atoms with Gasteiger partial charge in [0.25, 0.3) is 0 Å². The van der Waals surface area contributed by atoms with Crippen molar-refractivity contribution in [1.29, 1.82) is 0 Å². The Morgan fingerprint density at radius 1 is 1.24 bits per heavy atom. The Morgan fingerprint density at radius 2 is 2.00 bits per heavy atom. The first-order valence-electron chi connectivity index (χ1n) is 5.07. The van der Waals surface area contributed by atoms with E-state index in [1.807, 2.05) is 12.1 Å². The molecule has 0 fully saturated rings. The number of carbonyl (C=O) groups is 1. The number of carbonyl (C=O) groups excluding carboxylic acids is 1. The first kappa shape index (κ1) is 11.8. The fourth-order valence-electron chi connectivity index (χ4n) is 1.29. The lowest BCUT2D eigenvalue weighted by atomic mass is 10.2. The van der Waals surface area contributed by atoms with E-state index in [0.29, 0.717) is 11.3 Å². The molecule has 4 heteroatoms. The van der Waals surface area contributed by atoms with E-state index in [2.05, 4.69) is 20.9 Å². The summed E-state index contributed by atoms with van der Waals surface area (Å²) in [6.07, 6.45) is 3.17. The number of hydrogen-bond acceptors (Lipinski definition) is 3. The van der Waals surface area contributed by atoms with Crippen molar-refractivity contribution in [3.05, 3.63) is 58.8 Å². The molecule has 0 aliphatic carbocycles. The number of pyridine rings is 1. The molecule has 0 saturated carbocycles. The Morgan fingerprint density at radius 3 is 2.65 bits per heavy atom. The third-order valence-electron chi connectivity index (χ3n) is 2.17. The maximum absolute atomic E-state index is 11.7. The van der Waals surface area contributed by atoms with Gasteiger partial charge in [0, 0.05) is 22.4 Å². The third-order valence-corrected chi connectivity index (χ3v) is 2.70. The van der Waals surface area contributed by atoms with Crippen LogP contribution in [0.25, 0.3) is 0 Å². The first-order valence-corrected chi connectivity index (χ1v) is 5.86. The van der Waals surface area contributed by atoms with Gasteiger partial charge in [0.15, 0.2) is 6.61 Å². The lowest BCUT2D eigenvalue weighted by Gasteiger charge is -2.05. The van der Waals surface area contributed by atoms with E-state index in [1.165, 1.54) is 6.20 Å². The molecule has 0 aliphatic rings. The van der Waals surface area contributed by atoms with Crippen LogP contribution in [0.15, 0.2) is 53.3 Å². The van der Waals surface area contributed by atoms with Gasteiger partial charge in [0.1, 0.15) is 5.75 Å². The molecule has 2 aromatic rings. The number of ether oxygens (including phenoxy) is 1. The summed E-state index contributed by atoms with van der Waals surface area (Å²) in [5, 5.41) is 0. The molecule has 1 aromatic carbocycles. The summed E-state index contributed by atoms with van der Waals surface area (Å²) in [5.41, 5.74) is 0.560. The van der Waals surface area contributed by atoms with Gasteiger partial charge >= 0.3 is 0 Å². The molecule has 0 spiro atoms. The minimum Gasteiger partial charge on any atom is -0.485 e. The highest BCUT2D eigenvalue weighted by atomic mass is 79.9. The smallest absolute Gasteiger partial charge is 0.201 e. The van der Waals surface area contributed by atoms with Crippen molar-refractivity contribution in [3.8, 4) is 5.75 Å². The van der Waals surface area contributed by atoms with Gasteiger partial charge in [-0.3, -0.25) is 9.78 Å². The number of rotatable bonds is 4. The van der Waals surface area contributed by atoms with Crippen LogP contribution in [0.2, 0.25) is 0 Å². The van der Waals surface area contributed by atoms with Crippen molar-refractivity contribution >= 4 is 21.7 Å². The van der Waals surface area contributed by atoms with E-state index < -0.39 is 0 Å². The number of ketones is 1. The molecule has 1 heterocycles. The van der Waals surface area contributed by atoms with Crippen molar-refractivity contribution < 1.29 is 9.53 Å². The Balaban J connectivity index is 1.95. The van der Waals surface area contributed by atoms with Crippen molar-refractivity contribution in [2.24, 2.45) is 0 Å². The summed E-state index contributed by atoms with van der Waals surface area (Å²) >= 11 is 3.33. The largest absolute Gasteiger partial charge is 0.485 e. The van der Waals surface area contributed by atoms with Crippen LogP contribution in [0.5, 0.6) is 5.75 Å². The molecule has 0 atom stereocenters. The fraction of sp³-hybridized carbons (Fsp3) is 0.0769. The molecule has 0 aliphatic heterocycles. The summed E-state index contributed by atoms with van der Waals surface area (Å²) in [6.45, 7) is 0.0212. The Labute approximate surface area is 108 Å².